The van der Waals surface area contributed by atoms with Crippen molar-refractivity contribution in [3.63, 3.8) is 0 Å². The van der Waals surface area contributed by atoms with Crippen molar-refractivity contribution in [2.75, 3.05) is 45.3 Å². The van der Waals surface area contributed by atoms with Crippen molar-refractivity contribution in [3.8, 4) is 23.1 Å². The van der Waals surface area contributed by atoms with Crippen LogP contribution in [0.4, 0.5) is 10.2 Å². The van der Waals surface area contributed by atoms with Gasteiger partial charge in [-0.25, -0.2) is 9.37 Å². The normalized spacial score (nSPS) is 16.9. The largest absolute Gasteiger partial charge is 0.480 e. The van der Waals surface area contributed by atoms with E-state index in [4.69, 9.17) is 9.47 Å². The molecule has 0 atom stereocenters. The van der Waals surface area contributed by atoms with E-state index in [1.807, 2.05) is 19.9 Å². The topological polar surface area (TPSA) is 121 Å². The molecule has 0 unspecified atom stereocenters. The van der Waals surface area contributed by atoms with Crippen molar-refractivity contribution in [3.05, 3.63) is 29.2 Å². The number of H-pyrrole nitrogens is 1. The van der Waals surface area contributed by atoms with Crippen LogP contribution in [0.2, 0.25) is 0 Å². The van der Waals surface area contributed by atoms with Gasteiger partial charge in [0.1, 0.15) is 29.0 Å². The Hall–Kier alpha value is -3.57. The second-order valence-corrected chi connectivity index (χ2v) is 10.2. The average molecular weight is 522 g/mol. The molecule has 200 valence electrons. The number of nitrogens with one attached hydrogen (secondary N) is 2. The van der Waals surface area contributed by atoms with Gasteiger partial charge in [-0.1, -0.05) is 0 Å². The van der Waals surface area contributed by atoms with Crippen LogP contribution in [0.1, 0.15) is 36.8 Å². The Morgan fingerprint density at radius 3 is 2.71 bits per heavy atom. The predicted octanol–water partition coefficient (Wildman–Crippen LogP) is 3.74. The molecule has 4 aromatic rings. The third-order valence-corrected chi connectivity index (χ3v) is 8.11. The van der Waals surface area contributed by atoms with E-state index >= 15 is 4.39 Å². The molecule has 0 saturated carbocycles. The lowest BCUT2D eigenvalue weighted by Gasteiger charge is -2.31. The van der Waals surface area contributed by atoms with E-state index in [2.05, 4.69) is 35.4 Å². The number of halogens is 1. The zero-order valence-corrected chi connectivity index (χ0v) is 21.9. The highest BCUT2D eigenvalue weighted by molar-refractivity contribution is 6.01. The van der Waals surface area contributed by atoms with E-state index in [1.165, 1.54) is 7.11 Å². The fourth-order valence-corrected chi connectivity index (χ4v) is 6.09. The van der Waals surface area contributed by atoms with Gasteiger partial charge in [-0.05, 0) is 69.8 Å². The van der Waals surface area contributed by atoms with Gasteiger partial charge < -0.3 is 19.9 Å². The molecule has 0 bridgehead atoms. The minimum Gasteiger partial charge on any atom is -0.480 e. The molecule has 3 aromatic heterocycles. The van der Waals surface area contributed by atoms with Crippen LogP contribution in [0.3, 0.4) is 0 Å². The molecular weight excluding hydrogens is 489 g/mol. The lowest BCUT2D eigenvalue weighted by Crippen LogP contribution is -2.43. The molecule has 2 fully saturated rings. The summed E-state index contributed by atoms with van der Waals surface area (Å²) in [5, 5.41) is 20.7. The second kappa shape index (κ2) is 9.63. The number of methoxy groups -OCH3 is 1. The van der Waals surface area contributed by atoms with Gasteiger partial charge >= 0.3 is 6.01 Å². The smallest absolute Gasteiger partial charge is 0.319 e. The average Bonchev–Trinajstić information content (AvgIpc) is 3.64. The summed E-state index contributed by atoms with van der Waals surface area (Å²) >= 11 is 0. The lowest BCUT2D eigenvalue weighted by atomic mass is 9.95. The predicted molar refractivity (Wildman–Crippen MR) is 142 cm³/mol. The number of benzene rings is 1. The highest BCUT2D eigenvalue weighted by Gasteiger charge is 2.45. The number of aryl methyl sites for hydroxylation is 1. The van der Waals surface area contributed by atoms with Gasteiger partial charge in [0, 0.05) is 17.5 Å². The number of aromatic nitrogens is 5. The summed E-state index contributed by atoms with van der Waals surface area (Å²) in [5.41, 5.74) is 3.44. The first-order valence-electron chi connectivity index (χ1n) is 13.1. The van der Waals surface area contributed by atoms with Gasteiger partial charge in [0.05, 0.1) is 31.0 Å². The Balaban J connectivity index is 1.52. The SMILES string of the molecule is COc1nc(-c2c(C)c(C)cc3[nH]ncc23)c(F)c2nc(OCC34CCCN3CCC4)nc(NCCO)c12. The van der Waals surface area contributed by atoms with E-state index in [0.717, 1.165) is 60.8 Å². The fraction of sp³-hybridized carbons (Fsp3) is 0.481. The molecule has 11 heteroatoms. The number of hydrogen-bond acceptors (Lipinski definition) is 9. The van der Waals surface area contributed by atoms with Crippen LogP contribution in [-0.4, -0.2) is 80.7 Å². The van der Waals surface area contributed by atoms with Gasteiger partial charge in [0.25, 0.3) is 0 Å². The summed E-state index contributed by atoms with van der Waals surface area (Å²) in [6.45, 7) is 6.58. The van der Waals surface area contributed by atoms with E-state index in [1.54, 1.807) is 6.20 Å². The first kappa shape index (κ1) is 24.7. The summed E-state index contributed by atoms with van der Waals surface area (Å²) in [6.07, 6.45) is 6.10. The number of fused-ring (bicyclic) bond motifs is 3. The third kappa shape index (κ3) is 3.92. The van der Waals surface area contributed by atoms with Gasteiger partial charge in [-0.2, -0.15) is 15.1 Å². The number of aromatic amines is 1. The Morgan fingerprint density at radius 2 is 1.97 bits per heavy atom. The molecule has 0 spiro atoms. The van der Waals surface area contributed by atoms with Gasteiger partial charge in [0.2, 0.25) is 5.88 Å². The third-order valence-electron chi connectivity index (χ3n) is 8.11. The number of pyridine rings is 1. The van der Waals surface area contributed by atoms with E-state index in [0.29, 0.717) is 23.4 Å². The maximum atomic E-state index is 16.5. The molecule has 0 amide bonds. The summed E-state index contributed by atoms with van der Waals surface area (Å²) in [7, 11) is 1.48. The minimum absolute atomic E-state index is 0.0117. The fourth-order valence-electron chi connectivity index (χ4n) is 6.09. The highest BCUT2D eigenvalue weighted by atomic mass is 19.1. The first-order chi connectivity index (χ1) is 18.5. The van der Waals surface area contributed by atoms with Crippen LogP contribution in [0.5, 0.6) is 11.9 Å². The highest BCUT2D eigenvalue weighted by Crippen LogP contribution is 2.41. The molecule has 10 nitrogen and oxygen atoms in total. The van der Waals surface area contributed by atoms with Crippen molar-refractivity contribution in [2.45, 2.75) is 45.1 Å². The zero-order valence-electron chi connectivity index (χ0n) is 21.9. The van der Waals surface area contributed by atoms with Crippen LogP contribution in [-0.2, 0) is 0 Å². The maximum absolute atomic E-state index is 16.5. The molecule has 2 saturated heterocycles. The molecule has 3 N–H and O–H groups in total. The first-order valence-corrected chi connectivity index (χ1v) is 13.1. The number of hydrogen-bond donors (Lipinski definition) is 3. The molecule has 0 aliphatic carbocycles. The molecule has 5 heterocycles. The van der Waals surface area contributed by atoms with Gasteiger partial charge in [-0.15, -0.1) is 0 Å². The lowest BCUT2D eigenvalue weighted by molar-refractivity contribution is 0.108. The number of nitrogens with zero attached hydrogens (tertiary/aromatic N) is 5. The maximum Gasteiger partial charge on any atom is 0.319 e. The van der Waals surface area contributed by atoms with Crippen LogP contribution in [0.25, 0.3) is 33.1 Å². The Morgan fingerprint density at radius 1 is 1.18 bits per heavy atom. The van der Waals surface area contributed by atoms with Gasteiger partial charge in [0.15, 0.2) is 5.82 Å². The van der Waals surface area contributed by atoms with Crippen molar-refractivity contribution in [2.24, 2.45) is 0 Å². The Labute approximate surface area is 219 Å². The van der Waals surface area contributed by atoms with Crippen LogP contribution in [0.15, 0.2) is 12.3 Å². The van der Waals surface area contributed by atoms with Crippen molar-refractivity contribution >= 4 is 27.6 Å². The van der Waals surface area contributed by atoms with Crippen LogP contribution >= 0.6 is 0 Å². The van der Waals surface area contributed by atoms with E-state index in [9.17, 15) is 5.11 Å². The summed E-state index contributed by atoms with van der Waals surface area (Å²) in [6, 6.07) is 2.07. The van der Waals surface area contributed by atoms with Crippen molar-refractivity contribution < 1.29 is 19.0 Å². The second-order valence-electron chi connectivity index (χ2n) is 10.2. The van der Waals surface area contributed by atoms with E-state index < -0.39 is 5.82 Å². The Bertz CT molecular complexity index is 1510. The molecule has 2 aliphatic rings. The number of aliphatic hydroxyl groups excluding tert-OH is 1. The number of anilines is 1. The van der Waals surface area contributed by atoms with Crippen molar-refractivity contribution in [1.82, 2.24) is 30.0 Å². The number of ether oxygens (including phenoxy) is 2. The van der Waals surface area contributed by atoms with Crippen molar-refractivity contribution in [1.29, 1.82) is 0 Å². The minimum atomic E-state index is -0.599. The molecule has 1 aromatic carbocycles. The molecule has 6 rings (SSSR count). The van der Waals surface area contributed by atoms with Crippen LogP contribution in [0, 0.1) is 19.7 Å². The summed E-state index contributed by atoms with van der Waals surface area (Å²) < 4.78 is 28.3. The molecule has 2 aliphatic heterocycles. The van der Waals surface area contributed by atoms with Crippen LogP contribution < -0.4 is 14.8 Å². The number of aliphatic hydroxyl groups is 1. The molecule has 0 radical (unpaired) electrons. The van der Waals surface area contributed by atoms with E-state index in [-0.39, 0.29) is 41.8 Å². The molecular formula is C27H32FN7O3. The monoisotopic (exact) mass is 521 g/mol. The summed E-state index contributed by atoms with van der Waals surface area (Å²) in [5.74, 6) is -0.120. The number of rotatable bonds is 8. The van der Waals surface area contributed by atoms with Gasteiger partial charge in [-0.3, -0.25) is 10.00 Å². The quantitative estimate of drug-likeness (QED) is 0.318. The zero-order chi connectivity index (χ0) is 26.4. The molecule has 38 heavy (non-hydrogen) atoms. The Kier molecular flexibility index (Phi) is 6.27. The summed E-state index contributed by atoms with van der Waals surface area (Å²) in [4.78, 5) is 16.2. The standard InChI is InChI=1S/C27H32FN7O3/c1-15-12-18-17(13-30-34-18)19(16(15)2)22-21(28)23-20(25(31-22)37-3)24(29-8-11-36)33-26(32-23)38-14-27-6-4-9-35(27)10-5-7-27/h12-13,36H,4-11,14H2,1-3H3,(H,30,34)(H,29,32,33).